The number of aryl methyl sites for hydroxylation is 1. The number of nitrogens with one attached hydrogen (secondary N) is 2. The van der Waals surface area contributed by atoms with E-state index in [1.54, 1.807) is 6.07 Å². The van der Waals surface area contributed by atoms with Crippen LogP contribution in [0.3, 0.4) is 0 Å². The van der Waals surface area contributed by atoms with Crippen LogP contribution in [-0.2, 0) is 11.3 Å². The molecule has 0 radical (unpaired) electrons. The van der Waals surface area contributed by atoms with Gasteiger partial charge in [-0.3, -0.25) is 0 Å². The van der Waals surface area contributed by atoms with Gasteiger partial charge in [-0.2, -0.15) is 0 Å². The number of hydrogen-bond donors (Lipinski definition) is 3. The molecule has 19 heavy (non-hydrogen) atoms. The number of rotatable bonds is 4. The van der Waals surface area contributed by atoms with E-state index < -0.39 is 17.5 Å². The normalized spacial score (nSPS) is 17.1. The molecule has 1 aliphatic carbocycles. The van der Waals surface area contributed by atoms with Crippen LogP contribution in [-0.4, -0.2) is 22.6 Å². The maximum Gasteiger partial charge on any atom is 0.329 e. The molecule has 104 valence electrons. The first-order chi connectivity index (χ1) is 9.02. The number of aliphatic carboxylic acids is 1. The van der Waals surface area contributed by atoms with E-state index in [4.69, 9.17) is 4.42 Å². The molecule has 1 saturated carbocycles. The van der Waals surface area contributed by atoms with Gasteiger partial charge in [0.15, 0.2) is 0 Å². The summed E-state index contributed by atoms with van der Waals surface area (Å²) in [5.41, 5.74) is -1.11. The number of carbonyl (C=O) groups is 2. The highest BCUT2D eigenvalue weighted by Crippen LogP contribution is 2.29. The second-order valence-electron chi connectivity index (χ2n) is 4.91. The van der Waals surface area contributed by atoms with E-state index >= 15 is 0 Å². The molecule has 1 aromatic heterocycles. The summed E-state index contributed by atoms with van der Waals surface area (Å²) in [5, 5.41) is 14.4. The van der Waals surface area contributed by atoms with Crippen molar-refractivity contribution in [3.63, 3.8) is 0 Å². The van der Waals surface area contributed by atoms with E-state index in [9.17, 15) is 14.7 Å². The Kier molecular flexibility index (Phi) is 3.78. The lowest BCUT2D eigenvalue weighted by Crippen LogP contribution is -2.55. The number of furan rings is 1. The van der Waals surface area contributed by atoms with Crippen molar-refractivity contribution in [1.82, 2.24) is 10.6 Å². The minimum absolute atomic E-state index is 0.245. The minimum Gasteiger partial charge on any atom is -0.480 e. The number of carboxylic acid groups (broad SMARTS) is 1. The summed E-state index contributed by atoms with van der Waals surface area (Å²) in [5.74, 6) is 0.451. The van der Waals surface area contributed by atoms with E-state index in [1.807, 2.05) is 13.0 Å². The Hall–Kier alpha value is -1.98. The van der Waals surface area contributed by atoms with Crippen molar-refractivity contribution in [2.45, 2.75) is 44.7 Å². The van der Waals surface area contributed by atoms with Gasteiger partial charge in [-0.25, -0.2) is 9.59 Å². The topological polar surface area (TPSA) is 91.6 Å². The van der Waals surface area contributed by atoms with Gasteiger partial charge in [0.05, 0.1) is 6.54 Å². The molecule has 1 heterocycles. The van der Waals surface area contributed by atoms with E-state index in [1.165, 1.54) is 0 Å². The number of carbonyl (C=O) groups excluding carboxylic acids is 1. The molecule has 0 aromatic carbocycles. The fourth-order valence-electron chi connectivity index (χ4n) is 2.38. The molecule has 1 aliphatic rings. The van der Waals surface area contributed by atoms with Crippen LogP contribution in [0.15, 0.2) is 16.5 Å². The van der Waals surface area contributed by atoms with Crippen molar-refractivity contribution in [3.8, 4) is 0 Å². The van der Waals surface area contributed by atoms with Gasteiger partial charge in [-0.1, -0.05) is 12.8 Å². The Morgan fingerprint density at radius 2 is 2.05 bits per heavy atom. The Balaban J connectivity index is 1.88. The van der Waals surface area contributed by atoms with Crippen molar-refractivity contribution in [2.24, 2.45) is 0 Å². The highest BCUT2D eigenvalue weighted by atomic mass is 16.4. The van der Waals surface area contributed by atoms with Crippen LogP contribution in [0.4, 0.5) is 4.79 Å². The SMILES string of the molecule is Cc1ccc(CNC(=O)NC2(C(=O)O)CCCC2)o1. The zero-order valence-corrected chi connectivity index (χ0v) is 10.9. The van der Waals surface area contributed by atoms with Gasteiger partial charge in [0.2, 0.25) is 0 Å². The highest BCUT2D eigenvalue weighted by molar-refractivity contribution is 5.86. The van der Waals surface area contributed by atoms with Crippen LogP contribution < -0.4 is 10.6 Å². The summed E-state index contributed by atoms with van der Waals surface area (Å²) in [6.45, 7) is 2.07. The van der Waals surface area contributed by atoms with Crippen LogP contribution in [0.1, 0.15) is 37.2 Å². The lowest BCUT2D eigenvalue weighted by atomic mass is 9.98. The summed E-state index contributed by atoms with van der Waals surface area (Å²) in [7, 11) is 0. The molecule has 0 aliphatic heterocycles. The molecule has 1 aromatic rings. The maximum absolute atomic E-state index is 11.8. The van der Waals surface area contributed by atoms with Gasteiger partial charge in [-0.15, -0.1) is 0 Å². The zero-order valence-electron chi connectivity index (χ0n) is 10.9. The Morgan fingerprint density at radius 3 is 2.58 bits per heavy atom. The first kappa shape index (κ1) is 13.5. The molecule has 0 saturated heterocycles. The third kappa shape index (κ3) is 3.07. The molecular weight excluding hydrogens is 248 g/mol. The van der Waals surface area contributed by atoms with Crippen LogP contribution in [0.2, 0.25) is 0 Å². The van der Waals surface area contributed by atoms with Gasteiger partial charge in [0, 0.05) is 0 Å². The third-order valence-electron chi connectivity index (χ3n) is 3.44. The summed E-state index contributed by atoms with van der Waals surface area (Å²) in [6.07, 6.45) is 2.61. The molecule has 0 bridgehead atoms. The molecule has 0 unspecified atom stereocenters. The van der Waals surface area contributed by atoms with Crippen molar-refractivity contribution < 1.29 is 19.1 Å². The minimum atomic E-state index is -1.11. The third-order valence-corrected chi connectivity index (χ3v) is 3.44. The van der Waals surface area contributed by atoms with Crippen molar-refractivity contribution in [3.05, 3.63) is 23.7 Å². The fraction of sp³-hybridized carbons (Fsp3) is 0.538. The average molecular weight is 266 g/mol. The standard InChI is InChI=1S/C13H18N2O4/c1-9-4-5-10(19-9)8-14-12(18)15-13(11(16)17)6-2-3-7-13/h4-5H,2-3,6-8H2,1H3,(H,16,17)(H2,14,15,18). The predicted octanol–water partition coefficient (Wildman–Crippen LogP) is 1.78. The highest BCUT2D eigenvalue weighted by Gasteiger charge is 2.42. The van der Waals surface area contributed by atoms with Crippen molar-refractivity contribution in [2.75, 3.05) is 0 Å². The smallest absolute Gasteiger partial charge is 0.329 e. The number of carboxylic acids is 1. The monoisotopic (exact) mass is 266 g/mol. The second-order valence-corrected chi connectivity index (χ2v) is 4.91. The van der Waals surface area contributed by atoms with Gasteiger partial charge < -0.3 is 20.2 Å². The van der Waals surface area contributed by atoms with Crippen molar-refractivity contribution in [1.29, 1.82) is 0 Å². The predicted molar refractivity (Wildman–Crippen MR) is 67.7 cm³/mol. The summed E-state index contributed by atoms with van der Waals surface area (Å²) < 4.78 is 5.32. The quantitative estimate of drug-likeness (QED) is 0.774. The molecule has 3 N–H and O–H groups in total. The number of hydrogen-bond acceptors (Lipinski definition) is 3. The zero-order chi connectivity index (χ0) is 13.9. The van der Waals surface area contributed by atoms with E-state index in [0.717, 1.165) is 18.6 Å². The fourth-order valence-corrected chi connectivity index (χ4v) is 2.38. The Bertz CT molecular complexity index is 475. The number of amides is 2. The van der Waals surface area contributed by atoms with Gasteiger partial charge >= 0.3 is 12.0 Å². The first-order valence-electron chi connectivity index (χ1n) is 6.37. The molecule has 1 fully saturated rings. The first-order valence-corrected chi connectivity index (χ1v) is 6.37. The van der Waals surface area contributed by atoms with Crippen LogP contribution in [0.5, 0.6) is 0 Å². The molecule has 0 atom stereocenters. The largest absolute Gasteiger partial charge is 0.480 e. The van der Waals surface area contributed by atoms with E-state index in [0.29, 0.717) is 18.6 Å². The van der Waals surface area contributed by atoms with Crippen LogP contribution in [0, 0.1) is 6.92 Å². The van der Waals surface area contributed by atoms with Crippen LogP contribution in [0.25, 0.3) is 0 Å². The summed E-state index contributed by atoms with van der Waals surface area (Å²) in [6, 6.07) is 3.11. The van der Waals surface area contributed by atoms with E-state index in [-0.39, 0.29) is 6.54 Å². The second kappa shape index (κ2) is 5.34. The Morgan fingerprint density at radius 1 is 1.37 bits per heavy atom. The lowest BCUT2D eigenvalue weighted by molar-refractivity contribution is -0.144. The van der Waals surface area contributed by atoms with Crippen molar-refractivity contribution >= 4 is 12.0 Å². The van der Waals surface area contributed by atoms with Gasteiger partial charge in [0.1, 0.15) is 17.1 Å². The van der Waals surface area contributed by atoms with Gasteiger partial charge in [-0.05, 0) is 31.9 Å². The lowest BCUT2D eigenvalue weighted by Gasteiger charge is -2.25. The molecule has 6 nitrogen and oxygen atoms in total. The maximum atomic E-state index is 11.8. The Labute approximate surface area is 111 Å². The molecule has 2 rings (SSSR count). The number of urea groups is 1. The molecule has 2 amide bonds. The summed E-state index contributed by atoms with van der Waals surface area (Å²) in [4.78, 5) is 23.0. The molecule has 6 heteroatoms. The molecule has 0 spiro atoms. The average Bonchev–Trinajstić information content (AvgIpc) is 2.97. The van der Waals surface area contributed by atoms with Crippen LogP contribution >= 0.6 is 0 Å². The van der Waals surface area contributed by atoms with Gasteiger partial charge in [0.25, 0.3) is 0 Å². The van der Waals surface area contributed by atoms with E-state index in [2.05, 4.69) is 10.6 Å². The molecular formula is C13H18N2O4. The summed E-state index contributed by atoms with van der Waals surface area (Å²) >= 11 is 0.